The Labute approximate surface area is 130 Å². The van der Waals surface area contributed by atoms with Crippen LogP contribution in [0.3, 0.4) is 0 Å². The number of methoxy groups -OCH3 is 1. The lowest BCUT2D eigenvalue weighted by molar-refractivity contribution is -0.122. The van der Waals surface area contributed by atoms with Crippen molar-refractivity contribution in [2.45, 2.75) is 19.4 Å². The van der Waals surface area contributed by atoms with Gasteiger partial charge in [-0.25, -0.2) is 0 Å². The summed E-state index contributed by atoms with van der Waals surface area (Å²) in [6.45, 7) is 2.23. The van der Waals surface area contributed by atoms with E-state index in [0.717, 1.165) is 11.4 Å². The van der Waals surface area contributed by atoms with Crippen molar-refractivity contribution in [1.29, 1.82) is 0 Å². The Bertz CT molecular complexity index is 585. The van der Waals surface area contributed by atoms with Gasteiger partial charge in [0.2, 0.25) is 5.91 Å². The number of pyridine rings is 1. The van der Waals surface area contributed by atoms with Gasteiger partial charge in [0, 0.05) is 6.20 Å². The van der Waals surface area contributed by atoms with Crippen LogP contribution in [0.2, 0.25) is 0 Å². The fourth-order valence-electron chi connectivity index (χ4n) is 1.95. The number of hydrogen-bond donors (Lipinski definition) is 1. The first-order chi connectivity index (χ1) is 10.7. The molecule has 0 bridgehead atoms. The Kier molecular flexibility index (Phi) is 5.77. The predicted molar refractivity (Wildman–Crippen MR) is 83.9 cm³/mol. The van der Waals surface area contributed by atoms with Crippen LogP contribution in [0, 0.1) is 0 Å². The molecule has 1 N–H and O–H groups in total. The monoisotopic (exact) mass is 300 g/mol. The van der Waals surface area contributed by atoms with Gasteiger partial charge in [0.05, 0.1) is 31.9 Å². The van der Waals surface area contributed by atoms with Gasteiger partial charge in [-0.15, -0.1) is 0 Å². The summed E-state index contributed by atoms with van der Waals surface area (Å²) < 4.78 is 10.6. The first kappa shape index (κ1) is 15.8. The van der Waals surface area contributed by atoms with E-state index in [1.807, 2.05) is 49.4 Å². The minimum absolute atomic E-state index is 0.0633. The highest BCUT2D eigenvalue weighted by Gasteiger charge is 2.10. The van der Waals surface area contributed by atoms with E-state index in [2.05, 4.69) is 10.3 Å². The number of amides is 1. The van der Waals surface area contributed by atoms with Crippen LogP contribution in [0.15, 0.2) is 48.7 Å². The van der Waals surface area contributed by atoms with Crippen molar-refractivity contribution in [3.8, 4) is 11.5 Å². The number of hydrogen-bond acceptors (Lipinski definition) is 4. The number of aromatic nitrogens is 1. The molecule has 5 nitrogen and oxygen atoms in total. The number of nitrogens with zero attached hydrogens (tertiary/aromatic N) is 1. The van der Waals surface area contributed by atoms with Crippen molar-refractivity contribution >= 4 is 5.91 Å². The van der Waals surface area contributed by atoms with Crippen LogP contribution in [0.1, 0.15) is 25.1 Å². The van der Waals surface area contributed by atoms with Gasteiger partial charge in [-0.3, -0.25) is 9.78 Å². The number of carbonyl (C=O) groups is 1. The lowest BCUT2D eigenvalue weighted by atomic mass is 10.2. The van der Waals surface area contributed by atoms with Crippen LogP contribution < -0.4 is 14.8 Å². The summed E-state index contributed by atoms with van der Waals surface area (Å²) in [7, 11) is 1.61. The molecule has 1 unspecified atom stereocenters. The molecule has 0 radical (unpaired) electrons. The molecule has 1 heterocycles. The second kappa shape index (κ2) is 8.02. The molecule has 0 aliphatic heterocycles. The van der Waals surface area contributed by atoms with Gasteiger partial charge >= 0.3 is 0 Å². The lowest BCUT2D eigenvalue weighted by Crippen LogP contribution is -2.28. The molecule has 1 aromatic heterocycles. The van der Waals surface area contributed by atoms with E-state index in [9.17, 15) is 4.79 Å². The van der Waals surface area contributed by atoms with Gasteiger partial charge in [-0.1, -0.05) is 6.07 Å². The molecular formula is C17H20N2O3. The standard InChI is InChI=1S/C17H20N2O3/c1-13(16-5-3-4-11-18-16)19-17(20)10-12-22-15-8-6-14(21-2)7-9-15/h3-9,11,13H,10,12H2,1-2H3,(H,19,20). The first-order valence-electron chi connectivity index (χ1n) is 7.16. The Morgan fingerprint density at radius 2 is 1.91 bits per heavy atom. The Morgan fingerprint density at radius 1 is 1.18 bits per heavy atom. The van der Waals surface area contributed by atoms with E-state index in [1.54, 1.807) is 13.3 Å². The van der Waals surface area contributed by atoms with Gasteiger partial charge in [-0.05, 0) is 43.3 Å². The molecule has 22 heavy (non-hydrogen) atoms. The summed E-state index contributed by atoms with van der Waals surface area (Å²) in [5.74, 6) is 1.42. The fraction of sp³-hybridized carbons (Fsp3) is 0.294. The summed E-state index contributed by atoms with van der Waals surface area (Å²) >= 11 is 0. The van der Waals surface area contributed by atoms with Gasteiger partial charge in [0.1, 0.15) is 11.5 Å². The maximum atomic E-state index is 11.9. The van der Waals surface area contributed by atoms with Crippen LogP contribution >= 0.6 is 0 Å². The van der Waals surface area contributed by atoms with Crippen molar-refractivity contribution in [3.63, 3.8) is 0 Å². The van der Waals surface area contributed by atoms with E-state index < -0.39 is 0 Å². The van der Waals surface area contributed by atoms with E-state index in [1.165, 1.54) is 0 Å². The molecular weight excluding hydrogens is 280 g/mol. The van der Waals surface area contributed by atoms with Crippen LogP contribution in [-0.2, 0) is 4.79 Å². The number of nitrogens with one attached hydrogen (secondary N) is 1. The van der Waals surface area contributed by atoms with E-state index in [0.29, 0.717) is 18.8 Å². The van der Waals surface area contributed by atoms with Crippen LogP contribution in [0.4, 0.5) is 0 Å². The molecule has 0 aliphatic carbocycles. The Hall–Kier alpha value is -2.56. The molecule has 1 aromatic carbocycles. The van der Waals surface area contributed by atoms with Crippen molar-refractivity contribution in [2.24, 2.45) is 0 Å². The number of carbonyl (C=O) groups excluding carboxylic acids is 1. The van der Waals surface area contributed by atoms with Crippen LogP contribution in [-0.4, -0.2) is 24.6 Å². The van der Waals surface area contributed by atoms with Gasteiger partial charge in [-0.2, -0.15) is 0 Å². The maximum absolute atomic E-state index is 11.9. The number of ether oxygens (including phenoxy) is 2. The first-order valence-corrected chi connectivity index (χ1v) is 7.16. The van der Waals surface area contributed by atoms with Gasteiger partial charge in [0.25, 0.3) is 0 Å². The highest BCUT2D eigenvalue weighted by atomic mass is 16.5. The van der Waals surface area contributed by atoms with Gasteiger partial charge in [0.15, 0.2) is 0 Å². The second-order valence-corrected chi connectivity index (χ2v) is 4.82. The number of rotatable bonds is 7. The zero-order valence-electron chi connectivity index (χ0n) is 12.8. The lowest BCUT2D eigenvalue weighted by Gasteiger charge is -2.13. The molecule has 2 rings (SSSR count). The van der Waals surface area contributed by atoms with E-state index in [-0.39, 0.29) is 11.9 Å². The summed E-state index contributed by atoms with van der Waals surface area (Å²) in [5, 5.41) is 2.90. The Morgan fingerprint density at radius 3 is 2.55 bits per heavy atom. The average molecular weight is 300 g/mol. The largest absolute Gasteiger partial charge is 0.497 e. The average Bonchev–Trinajstić information content (AvgIpc) is 2.56. The summed E-state index contributed by atoms with van der Waals surface area (Å²) in [6, 6.07) is 12.8. The molecule has 0 aliphatic rings. The molecule has 5 heteroatoms. The molecule has 0 saturated carbocycles. The number of benzene rings is 1. The molecule has 1 amide bonds. The van der Waals surface area contributed by atoms with Crippen LogP contribution in [0.25, 0.3) is 0 Å². The van der Waals surface area contributed by atoms with Crippen molar-refractivity contribution < 1.29 is 14.3 Å². The fourth-order valence-corrected chi connectivity index (χ4v) is 1.95. The third kappa shape index (κ3) is 4.77. The maximum Gasteiger partial charge on any atom is 0.223 e. The molecule has 0 spiro atoms. The molecule has 116 valence electrons. The van der Waals surface area contributed by atoms with Crippen molar-refractivity contribution in [3.05, 3.63) is 54.4 Å². The molecule has 2 aromatic rings. The smallest absolute Gasteiger partial charge is 0.223 e. The van der Waals surface area contributed by atoms with Crippen molar-refractivity contribution in [2.75, 3.05) is 13.7 Å². The highest BCUT2D eigenvalue weighted by molar-refractivity contribution is 5.76. The quantitative estimate of drug-likeness (QED) is 0.854. The summed E-state index contributed by atoms with van der Waals surface area (Å²) in [6.07, 6.45) is 2.01. The van der Waals surface area contributed by atoms with Gasteiger partial charge < -0.3 is 14.8 Å². The SMILES string of the molecule is COc1ccc(OCCC(=O)NC(C)c2ccccn2)cc1. The summed E-state index contributed by atoms with van der Waals surface area (Å²) in [5.41, 5.74) is 0.840. The second-order valence-electron chi connectivity index (χ2n) is 4.82. The third-order valence-electron chi connectivity index (χ3n) is 3.17. The third-order valence-corrected chi connectivity index (χ3v) is 3.17. The molecule has 0 fully saturated rings. The topological polar surface area (TPSA) is 60.5 Å². The molecule has 0 saturated heterocycles. The zero-order chi connectivity index (χ0) is 15.8. The zero-order valence-corrected chi connectivity index (χ0v) is 12.8. The Balaban J connectivity index is 1.73. The minimum atomic E-state index is -0.116. The van der Waals surface area contributed by atoms with Crippen molar-refractivity contribution in [1.82, 2.24) is 10.3 Å². The molecule has 1 atom stereocenters. The highest BCUT2D eigenvalue weighted by Crippen LogP contribution is 2.17. The van der Waals surface area contributed by atoms with Crippen LogP contribution in [0.5, 0.6) is 11.5 Å². The predicted octanol–water partition coefficient (Wildman–Crippen LogP) is 2.74. The summed E-state index contributed by atoms with van der Waals surface area (Å²) in [4.78, 5) is 16.1. The minimum Gasteiger partial charge on any atom is -0.497 e. The van der Waals surface area contributed by atoms with E-state index >= 15 is 0 Å². The van der Waals surface area contributed by atoms with E-state index in [4.69, 9.17) is 9.47 Å². The normalized spacial score (nSPS) is 11.5.